The number of halogens is 2. The summed E-state index contributed by atoms with van der Waals surface area (Å²) in [6.45, 7) is 3.29. The van der Waals surface area contributed by atoms with Crippen LogP contribution in [0.15, 0.2) is 34.2 Å². The Hall–Kier alpha value is -2.30. The fraction of sp³-hybridized carbons (Fsp3) is 0.381. The summed E-state index contributed by atoms with van der Waals surface area (Å²) in [5.41, 5.74) is 1.12. The Morgan fingerprint density at radius 1 is 1.26 bits per heavy atom. The highest BCUT2D eigenvalue weighted by atomic mass is 32.2. The fourth-order valence-corrected chi connectivity index (χ4v) is 5.11. The van der Waals surface area contributed by atoms with Crippen molar-refractivity contribution in [2.45, 2.75) is 44.3 Å². The van der Waals surface area contributed by atoms with Gasteiger partial charge in [0.05, 0.1) is 23.8 Å². The molecular formula is C21H22F2N2O4S2. The van der Waals surface area contributed by atoms with Gasteiger partial charge in [0, 0.05) is 17.6 Å². The number of alkyl halides is 2. The van der Waals surface area contributed by atoms with Crippen molar-refractivity contribution in [3.8, 4) is 5.75 Å². The van der Waals surface area contributed by atoms with Gasteiger partial charge in [0.25, 0.3) is 5.56 Å². The minimum absolute atomic E-state index is 0.0178. The maximum absolute atomic E-state index is 13.1. The normalized spacial score (nSPS) is 12.5. The molecule has 2 heterocycles. The lowest BCUT2D eigenvalue weighted by molar-refractivity contribution is -0.0498. The second-order valence-electron chi connectivity index (χ2n) is 6.83. The Kier molecular flexibility index (Phi) is 7.45. The van der Waals surface area contributed by atoms with Gasteiger partial charge >= 0.3 is 6.61 Å². The lowest BCUT2D eigenvalue weighted by atomic mass is 10.1. The SMILES string of the molecule is COCCn1c(SC(C)C(=O)c2ccc(OC(F)F)cc2)nc2sc(C)c(C)c2c1=O. The van der Waals surface area contributed by atoms with E-state index in [9.17, 15) is 18.4 Å². The summed E-state index contributed by atoms with van der Waals surface area (Å²) in [6.07, 6.45) is 0. The Morgan fingerprint density at radius 3 is 2.55 bits per heavy atom. The van der Waals surface area contributed by atoms with Crippen molar-refractivity contribution in [2.24, 2.45) is 0 Å². The third kappa shape index (κ3) is 5.13. The smallest absolute Gasteiger partial charge is 0.387 e. The molecule has 0 radical (unpaired) electrons. The number of thioether (sulfide) groups is 1. The van der Waals surface area contributed by atoms with E-state index in [1.54, 1.807) is 18.6 Å². The molecule has 0 saturated carbocycles. The molecular weight excluding hydrogens is 446 g/mol. The van der Waals surface area contributed by atoms with E-state index in [4.69, 9.17) is 4.74 Å². The third-order valence-corrected chi connectivity index (χ3v) is 6.98. The quantitative estimate of drug-likeness (QED) is 0.258. The van der Waals surface area contributed by atoms with E-state index in [1.165, 1.54) is 47.4 Å². The summed E-state index contributed by atoms with van der Waals surface area (Å²) in [7, 11) is 1.55. The highest BCUT2D eigenvalue weighted by Crippen LogP contribution is 2.30. The largest absolute Gasteiger partial charge is 0.435 e. The predicted octanol–water partition coefficient (Wildman–Crippen LogP) is 4.69. The molecule has 2 aromatic heterocycles. The number of rotatable bonds is 9. The lowest BCUT2D eigenvalue weighted by Gasteiger charge is -2.15. The molecule has 166 valence electrons. The zero-order valence-electron chi connectivity index (χ0n) is 17.5. The standard InChI is InChI=1S/C21H22F2N2O4S2/c1-11-12(2)30-18-16(11)19(27)25(9-10-28-4)21(24-18)31-13(3)17(26)14-5-7-15(8-6-14)29-20(22)23/h5-8,13,20H,9-10H2,1-4H3. The number of hydrogen-bond acceptors (Lipinski definition) is 7. The van der Waals surface area contributed by atoms with E-state index in [0.717, 1.165) is 10.4 Å². The topological polar surface area (TPSA) is 70.4 Å². The van der Waals surface area contributed by atoms with Gasteiger partial charge in [-0.1, -0.05) is 11.8 Å². The Morgan fingerprint density at radius 2 is 1.94 bits per heavy atom. The lowest BCUT2D eigenvalue weighted by Crippen LogP contribution is -2.26. The van der Waals surface area contributed by atoms with Gasteiger partial charge in [-0.25, -0.2) is 4.98 Å². The van der Waals surface area contributed by atoms with E-state index in [0.29, 0.717) is 34.1 Å². The molecule has 0 N–H and O–H groups in total. The molecule has 0 spiro atoms. The molecule has 0 aliphatic rings. The van der Waals surface area contributed by atoms with E-state index < -0.39 is 11.9 Å². The third-order valence-electron chi connectivity index (χ3n) is 4.79. The van der Waals surface area contributed by atoms with Gasteiger partial charge in [-0.15, -0.1) is 11.3 Å². The summed E-state index contributed by atoms with van der Waals surface area (Å²) in [5.74, 6) is -0.226. The van der Waals surface area contributed by atoms with E-state index >= 15 is 0 Å². The summed E-state index contributed by atoms with van der Waals surface area (Å²) < 4.78 is 35.6. The first-order valence-corrected chi connectivity index (χ1v) is 11.2. The number of methoxy groups -OCH3 is 1. The van der Waals surface area contributed by atoms with Crippen LogP contribution >= 0.6 is 23.1 Å². The summed E-state index contributed by atoms with van der Waals surface area (Å²) in [4.78, 5) is 32.3. The molecule has 3 rings (SSSR count). The van der Waals surface area contributed by atoms with Crippen molar-refractivity contribution in [1.82, 2.24) is 9.55 Å². The van der Waals surface area contributed by atoms with Crippen LogP contribution in [0.2, 0.25) is 0 Å². The average Bonchev–Trinajstić information content (AvgIpc) is 3.01. The van der Waals surface area contributed by atoms with Crippen molar-refractivity contribution in [2.75, 3.05) is 13.7 Å². The van der Waals surface area contributed by atoms with Gasteiger partial charge in [-0.05, 0) is 50.6 Å². The van der Waals surface area contributed by atoms with Crippen molar-refractivity contribution in [3.63, 3.8) is 0 Å². The van der Waals surface area contributed by atoms with Crippen molar-refractivity contribution in [1.29, 1.82) is 0 Å². The van der Waals surface area contributed by atoms with E-state index in [2.05, 4.69) is 9.72 Å². The number of fused-ring (bicyclic) bond motifs is 1. The molecule has 1 aromatic carbocycles. The van der Waals surface area contributed by atoms with Gasteiger partial charge in [0.15, 0.2) is 10.9 Å². The van der Waals surface area contributed by atoms with E-state index in [1.807, 2.05) is 13.8 Å². The van der Waals surface area contributed by atoms with Crippen LogP contribution in [0, 0.1) is 13.8 Å². The first-order valence-electron chi connectivity index (χ1n) is 9.48. The number of ether oxygens (including phenoxy) is 2. The number of aryl methyl sites for hydroxylation is 2. The van der Waals surface area contributed by atoms with Crippen molar-refractivity contribution < 1.29 is 23.0 Å². The highest BCUT2D eigenvalue weighted by molar-refractivity contribution is 8.00. The maximum Gasteiger partial charge on any atom is 0.387 e. The fourth-order valence-electron chi connectivity index (χ4n) is 3.03. The van der Waals surface area contributed by atoms with Crippen LogP contribution in [-0.2, 0) is 11.3 Å². The van der Waals surface area contributed by atoms with Gasteiger partial charge in [0.1, 0.15) is 10.6 Å². The molecule has 0 aliphatic carbocycles. The molecule has 0 bridgehead atoms. The minimum Gasteiger partial charge on any atom is -0.435 e. The average molecular weight is 469 g/mol. The van der Waals surface area contributed by atoms with Crippen LogP contribution < -0.4 is 10.3 Å². The molecule has 6 nitrogen and oxygen atoms in total. The van der Waals surface area contributed by atoms with Gasteiger partial charge in [-0.2, -0.15) is 8.78 Å². The van der Waals surface area contributed by atoms with Crippen LogP contribution in [0.5, 0.6) is 5.75 Å². The summed E-state index contributed by atoms with van der Waals surface area (Å²) >= 11 is 2.63. The number of carbonyl (C=O) groups excluding carboxylic acids is 1. The zero-order chi connectivity index (χ0) is 22.7. The maximum atomic E-state index is 13.1. The monoisotopic (exact) mass is 468 g/mol. The number of carbonyl (C=O) groups is 1. The van der Waals surface area contributed by atoms with Crippen molar-refractivity contribution in [3.05, 3.63) is 50.6 Å². The summed E-state index contributed by atoms with van der Waals surface area (Å²) in [5, 5.41) is 0.480. The number of aromatic nitrogens is 2. The van der Waals surface area contributed by atoms with Crippen molar-refractivity contribution >= 4 is 39.1 Å². The molecule has 1 unspecified atom stereocenters. The molecule has 0 aliphatic heterocycles. The first-order chi connectivity index (χ1) is 14.7. The number of benzene rings is 1. The number of Topliss-reactive ketones (excluding diaryl/α,β-unsaturated/α-hetero) is 1. The second kappa shape index (κ2) is 9.88. The predicted molar refractivity (Wildman–Crippen MR) is 118 cm³/mol. The Labute approximate surface area is 186 Å². The van der Waals surface area contributed by atoms with Crippen LogP contribution in [0.3, 0.4) is 0 Å². The van der Waals surface area contributed by atoms with Gasteiger partial charge in [0.2, 0.25) is 0 Å². The number of hydrogen-bond donors (Lipinski definition) is 0. The first kappa shape index (κ1) is 23.4. The highest BCUT2D eigenvalue weighted by Gasteiger charge is 2.22. The number of ketones is 1. The van der Waals surface area contributed by atoms with Gasteiger partial charge < -0.3 is 9.47 Å². The molecule has 3 aromatic rings. The molecule has 10 heteroatoms. The van der Waals surface area contributed by atoms with Crippen LogP contribution in [-0.4, -0.2) is 40.9 Å². The zero-order valence-corrected chi connectivity index (χ0v) is 19.1. The van der Waals surface area contributed by atoms with Crippen LogP contribution in [0.4, 0.5) is 8.78 Å². The van der Waals surface area contributed by atoms with E-state index in [-0.39, 0.29) is 17.1 Å². The summed E-state index contributed by atoms with van der Waals surface area (Å²) in [6, 6.07) is 5.54. The Balaban J connectivity index is 1.90. The second-order valence-corrected chi connectivity index (χ2v) is 9.35. The molecule has 31 heavy (non-hydrogen) atoms. The van der Waals surface area contributed by atoms with Gasteiger partial charge in [-0.3, -0.25) is 14.2 Å². The Bertz CT molecular complexity index is 1140. The molecule has 0 fully saturated rings. The van der Waals surface area contributed by atoms with Crippen LogP contribution in [0.1, 0.15) is 27.7 Å². The number of nitrogens with zero attached hydrogens (tertiary/aromatic N) is 2. The molecule has 1 atom stereocenters. The minimum atomic E-state index is -2.93. The van der Waals surface area contributed by atoms with Crippen LogP contribution in [0.25, 0.3) is 10.2 Å². The molecule has 0 amide bonds. The number of thiophene rings is 1. The molecule has 0 saturated heterocycles.